The van der Waals surface area contributed by atoms with Gasteiger partial charge in [-0.05, 0) is 36.4 Å². The summed E-state index contributed by atoms with van der Waals surface area (Å²) in [6.07, 6.45) is 0. The van der Waals surface area contributed by atoms with E-state index >= 15 is 0 Å². The summed E-state index contributed by atoms with van der Waals surface area (Å²) < 4.78 is 23.7. The van der Waals surface area contributed by atoms with Crippen LogP contribution >= 0.6 is 0 Å². The number of carbonyl (C=O) groups is 3. The number of hydrogen-bond donors (Lipinski definition) is 1. The number of benzene rings is 2. The van der Waals surface area contributed by atoms with Crippen molar-refractivity contribution in [3.8, 4) is 11.5 Å². The highest BCUT2D eigenvalue weighted by Crippen LogP contribution is 2.35. The van der Waals surface area contributed by atoms with Gasteiger partial charge in [0.05, 0.1) is 5.69 Å². The van der Waals surface area contributed by atoms with Gasteiger partial charge in [0.2, 0.25) is 12.7 Å². The molecule has 3 heterocycles. The Morgan fingerprint density at radius 2 is 1.87 bits per heavy atom. The number of fused-ring (bicyclic) bond motifs is 2. The van der Waals surface area contributed by atoms with Gasteiger partial charge in [-0.1, -0.05) is 5.22 Å². The Kier molecular flexibility index (Phi) is 4.09. The number of nitrogens with one attached hydrogen (secondary N) is 1. The molecule has 2 aromatic carbocycles. The largest absolute Gasteiger partial charge is 0.454 e. The second-order valence-electron chi connectivity index (χ2n) is 6.80. The number of nitrogens with zero attached hydrogens (tertiary/aromatic N) is 4. The molecular formula is C19H14FN5O5. The van der Waals surface area contributed by atoms with Gasteiger partial charge in [0, 0.05) is 11.8 Å². The fourth-order valence-corrected chi connectivity index (χ4v) is 3.52. The average molecular weight is 411 g/mol. The minimum atomic E-state index is -1.04. The second-order valence-corrected chi connectivity index (χ2v) is 6.80. The molecule has 0 aliphatic carbocycles. The van der Waals surface area contributed by atoms with Crippen LogP contribution in [0.4, 0.5) is 15.8 Å². The van der Waals surface area contributed by atoms with Crippen LogP contribution in [-0.2, 0) is 14.4 Å². The first-order valence-electron chi connectivity index (χ1n) is 9.01. The van der Waals surface area contributed by atoms with Crippen LogP contribution < -0.4 is 19.7 Å². The lowest BCUT2D eigenvalue weighted by molar-refractivity contribution is -0.123. The van der Waals surface area contributed by atoms with Crippen LogP contribution in [0.15, 0.2) is 52.8 Å². The minimum absolute atomic E-state index is 0.116. The summed E-state index contributed by atoms with van der Waals surface area (Å²) in [7, 11) is 0. The first-order chi connectivity index (χ1) is 14.5. The molecule has 0 aromatic heterocycles. The zero-order chi connectivity index (χ0) is 20.8. The van der Waals surface area contributed by atoms with E-state index in [4.69, 9.17) is 9.47 Å². The Labute approximate surface area is 168 Å². The van der Waals surface area contributed by atoms with Crippen molar-refractivity contribution in [3.05, 3.63) is 48.3 Å². The van der Waals surface area contributed by atoms with Gasteiger partial charge in [-0.2, -0.15) is 5.11 Å². The zero-order valence-electron chi connectivity index (χ0n) is 15.3. The van der Waals surface area contributed by atoms with Gasteiger partial charge in [0.25, 0.3) is 11.8 Å². The SMILES string of the molecule is O=C(CN1N=NC2C(=O)N(c3ccc(F)cc3)C(=O)C21)Nc1ccc2c(c1)OCO2. The molecule has 30 heavy (non-hydrogen) atoms. The van der Waals surface area contributed by atoms with Crippen molar-refractivity contribution < 1.29 is 28.2 Å². The Balaban J connectivity index is 1.29. The van der Waals surface area contributed by atoms with Crippen LogP contribution in [0.3, 0.4) is 0 Å². The summed E-state index contributed by atoms with van der Waals surface area (Å²) in [5.41, 5.74) is 0.722. The predicted molar refractivity (Wildman–Crippen MR) is 99.2 cm³/mol. The van der Waals surface area contributed by atoms with Crippen LogP contribution in [0.25, 0.3) is 0 Å². The molecule has 1 N–H and O–H groups in total. The Bertz CT molecular complexity index is 1090. The van der Waals surface area contributed by atoms with Gasteiger partial charge < -0.3 is 14.8 Å². The molecule has 152 valence electrons. The monoisotopic (exact) mass is 411 g/mol. The molecule has 5 rings (SSSR count). The normalized spacial score (nSPS) is 21.4. The molecule has 1 fully saturated rings. The maximum Gasteiger partial charge on any atom is 0.263 e. The van der Waals surface area contributed by atoms with E-state index in [-0.39, 0.29) is 19.0 Å². The smallest absolute Gasteiger partial charge is 0.263 e. The van der Waals surface area contributed by atoms with Gasteiger partial charge in [-0.3, -0.25) is 19.4 Å². The summed E-state index contributed by atoms with van der Waals surface area (Å²) in [6, 6.07) is 7.86. The minimum Gasteiger partial charge on any atom is -0.454 e. The van der Waals surface area contributed by atoms with Gasteiger partial charge in [-0.25, -0.2) is 9.29 Å². The van der Waals surface area contributed by atoms with Crippen molar-refractivity contribution in [1.29, 1.82) is 0 Å². The number of hydrogen-bond acceptors (Lipinski definition) is 8. The van der Waals surface area contributed by atoms with E-state index in [0.29, 0.717) is 17.2 Å². The first kappa shape index (κ1) is 18.0. The number of halogens is 1. The molecule has 11 heteroatoms. The number of anilines is 2. The van der Waals surface area contributed by atoms with Crippen LogP contribution in [0.2, 0.25) is 0 Å². The third-order valence-electron chi connectivity index (χ3n) is 4.90. The highest BCUT2D eigenvalue weighted by molar-refractivity contribution is 6.25. The quantitative estimate of drug-likeness (QED) is 0.763. The highest BCUT2D eigenvalue weighted by Gasteiger charge is 2.55. The van der Waals surface area contributed by atoms with E-state index in [9.17, 15) is 18.8 Å². The Morgan fingerprint density at radius 1 is 1.10 bits per heavy atom. The van der Waals surface area contributed by atoms with E-state index in [1.807, 2.05) is 0 Å². The van der Waals surface area contributed by atoms with Gasteiger partial charge in [-0.15, -0.1) is 0 Å². The molecule has 10 nitrogen and oxygen atoms in total. The van der Waals surface area contributed by atoms with E-state index in [2.05, 4.69) is 15.7 Å². The van der Waals surface area contributed by atoms with Gasteiger partial charge >= 0.3 is 0 Å². The second kappa shape index (κ2) is 6.79. The van der Waals surface area contributed by atoms with Crippen molar-refractivity contribution in [2.75, 3.05) is 23.6 Å². The number of carbonyl (C=O) groups excluding carboxylic acids is 3. The topological polar surface area (TPSA) is 113 Å². The molecule has 0 spiro atoms. The number of amides is 3. The Morgan fingerprint density at radius 3 is 2.67 bits per heavy atom. The van der Waals surface area contributed by atoms with E-state index in [1.165, 1.54) is 17.1 Å². The maximum absolute atomic E-state index is 13.2. The van der Waals surface area contributed by atoms with Crippen LogP contribution in [-0.4, -0.2) is 48.2 Å². The lowest BCUT2D eigenvalue weighted by Crippen LogP contribution is -2.43. The zero-order valence-corrected chi connectivity index (χ0v) is 15.3. The average Bonchev–Trinajstić information content (AvgIpc) is 3.41. The van der Waals surface area contributed by atoms with Crippen molar-refractivity contribution in [1.82, 2.24) is 5.01 Å². The number of rotatable bonds is 4. The molecule has 3 aliphatic rings. The first-order valence-corrected chi connectivity index (χ1v) is 9.01. The van der Waals surface area contributed by atoms with Crippen LogP contribution in [0.5, 0.6) is 11.5 Å². The van der Waals surface area contributed by atoms with Crippen molar-refractivity contribution in [3.63, 3.8) is 0 Å². The molecule has 2 unspecified atom stereocenters. The summed E-state index contributed by atoms with van der Waals surface area (Å²) in [5.74, 6) is -0.981. The molecule has 2 aromatic rings. The highest BCUT2D eigenvalue weighted by atomic mass is 19.1. The Hall–Kier alpha value is -4.02. The molecule has 0 bridgehead atoms. The lowest BCUT2D eigenvalue weighted by atomic mass is 10.1. The summed E-state index contributed by atoms with van der Waals surface area (Å²) in [6.45, 7) is -0.167. The molecule has 0 radical (unpaired) electrons. The summed E-state index contributed by atoms with van der Waals surface area (Å²) >= 11 is 0. The van der Waals surface area contributed by atoms with E-state index in [0.717, 1.165) is 17.0 Å². The van der Waals surface area contributed by atoms with Crippen molar-refractivity contribution in [2.45, 2.75) is 12.1 Å². The van der Waals surface area contributed by atoms with Gasteiger partial charge in [0.15, 0.2) is 23.6 Å². The fraction of sp³-hybridized carbons (Fsp3) is 0.211. The number of imide groups is 1. The molecular weight excluding hydrogens is 397 g/mol. The molecule has 3 aliphatic heterocycles. The fourth-order valence-electron chi connectivity index (χ4n) is 3.52. The lowest BCUT2D eigenvalue weighted by Gasteiger charge is -2.20. The third kappa shape index (κ3) is 2.91. The van der Waals surface area contributed by atoms with E-state index in [1.54, 1.807) is 18.2 Å². The molecule has 0 saturated carbocycles. The maximum atomic E-state index is 13.2. The standard InChI is InChI=1S/C19H14FN5O5/c20-10-1-4-12(5-2-10)25-18(27)16-17(19(25)28)24(23-22-16)8-15(26)21-11-3-6-13-14(7-11)30-9-29-13/h1-7,16-17H,8-9H2,(H,21,26). The van der Waals surface area contributed by atoms with Crippen LogP contribution in [0.1, 0.15) is 0 Å². The van der Waals surface area contributed by atoms with Crippen molar-refractivity contribution >= 4 is 29.1 Å². The third-order valence-corrected chi connectivity index (χ3v) is 4.90. The molecule has 2 atom stereocenters. The van der Waals surface area contributed by atoms with E-state index < -0.39 is 35.6 Å². The molecule has 3 amide bonds. The van der Waals surface area contributed by atoms with Crippen LogP contribution in [0, 0.1) is 5.82 Å². The van der Waals surface area contributed by atoms with Gasteiger partial charge in [0.1, 0.15) is 12.4 Å². The number of ether oxygens (including phenoxy) is 2. The summed E-state index contributed by atoms with van der Waals surface area (Å²) in [5, 5.41) is 11.5. The molecule has 1 saturated heterocycles. The van der Waals surface area contributed by atoms with Crippen molar-refractivity contribution in [2.24, 2.45) is 10.3 Å². The predicted octanol–water partition coefficient (Wildman–Crippen LogP) is 1.49. The summed E-state index contributed by atoms with van der Waals surface area (Å²) in [4.78, 5) is 38.9.